The zero-order valence-electron chi connectivity index (χ0n) is 10.1. The van der Waals surface area contributed by atoms with Gasteiger partial charge in [0.05, 0.1) is 16.6 Å². The van der Waals surface area contributed by atoms with E-state index in [4.69, 9.17) is 5.84 Å². The van der Waals surface area contributed by atoms with Gasteiger partial charge in [0, 0.05) is 0 Å². The highest BCUT2D eigenvalue weighted by Gasteiger charge is 2.17. The van der Waals surface area contributed by atoms with Crippen molar-refractivity contribution in [1.82, 2.24) is 15.0 Å². The Morgan fingerprint density at radius 2 is 2.11 bits per heavy atom. The standard InChI is InChI=1S/C12H15FN4S/c1-2-10-12(18-17-16-10)11(15-14)7-8-3-5-9(13)6-4-8/h3-6,11,15H,2,7,14H2,1H3. The van der Waals surface area contributed by atoms with Crippen LogP contribution < -0.4 is 11.3 Å². The zero-order valence-corrected chi connectivity index (χ0v) is 10.9. The van der Waals surface area contributed by atoms with Gasteiger partial charge in [0.15, 0.2) is 0 Å². The monoisotopic (exact) mass is 266 g/mol. The van der Waals surface area contributed by atoms with Gasteiger partial charge in [0.2, 0.25) is 0 Å². The fourth-order valence-corrected chi connectivity index (χ4v) is 2.61. The van der Waals surface area contributed by atoms with E-state index in [0.717, 1.165) is 22.6 Å². The molecule has 18 heavy (non-hydrogen) atoms. The lowest BCUT2D eigenvalue weighted by Gasteiger charge is -2.14. The average molecular weight is 266 g/mol. The van der Waals surface area contributed by atoms with Crippen LogP contribution in [-0.4, -0.2) is 9.59 Å². The molecular weight excluding hydrogens is 251 g/mol. The van der Waals surface area contributed by atoms with E-state index in [1.165, 1.54) is 23.7 Å². The largest absolute Gasteiger partial charge is 0.271 e. The Labute approximate surface area is 109 Å². The van der Waals surface area contributed by atoms with Gasteiger partial charge in [-0.3, -0.25) is 11.3 Å². The summed E-state index contributed by atoms with van der Waals surface area (Å²) in [6.07, 6.45) is 1.51. The second-order valence-corrected chi connectivity index (χ2v) is 4.77. The van der Waals surface area contributed by atoms with Crippen molar-refractivity contribution in [2.75, 3.05) is 0 Å². The Kier molecular flexibility index (Phi) is 4.35. The van der Waals surface area contributed by atoms with Crippen LogP contribution in [0.2, 0.25) is 0 Å². The fraction of sp³-hybridized carbons (Fsp3) is 0.333. The highest BCUT2D eigenvalue weighted by molar-refractivity contribution is 7.05. The average Bonchev–Trinajstić information content (AvgIpc) is 2.86. The first-order valence-corrected chi connectivity index (χ1v) is 6.53. The summed E-state index contributed by atoms with van der Waals surface area (Å²) in [5, 5.41) is 4.07. The van der Waals surface area contributed by atoms with Crippen molar-refractivity contribution in [1.29, 1.82) is 0 Å². The molecule has 0 aliphatic carbocycles. The van der Waals surface area contributed by atoms with Crippen molar-refractivity contribution < 1.29 is 4.39 Å². The summed E-state index contributed by atoms with van der Waals surface area (Å²) in [6.45, 7) is 2.03. The lowest BCUT2D eigenvalue weighted by atomic mass is 10.0. The molecule has 0 fully saturated rings. The minimum absolute atomic E-state index is 0.0367. The molecule has 1 aromatic carbocycles. The third kappa shape index (κ3) is 2.90. The normalized spacial score (nSPS) is 12.6. The first-order valence-electron chi connectivity index (χ1n) is 5.76. The zero-order chi connectivity index (χ0) is 13.0. The third-order valence-electron chi connectivity index (χ3n) is 2.79. The topological polar surface area (TPSA) is 63.8 Å². The molecule has 2 rings (SSSR count). The minimum Gasteiger partial charge on any atom is -0.271 e. The molecule has 1 heterocycles. The van der Waals surface area contributed by atoms with E-state index in [1.54, 1.807) is 12.1 Å². The summed E-state index contributed by atoms with van der Waals surface area (Å²) in [6, 6.07) is 6.40. The molecule has 0 aliphatic heterocycles. The van der Waals surface area contributed by atoms with Crippen LogP contribution >= 0.6 is 11.5 Å². The molecule has 0 bridgehead atoms. The lowest BCUT2D eigenvalue weighted by molar-refractivity contribution is 0.554. The Hall–Kier alpha value is -1.37. The van der Waals surface area contributed by atoms with Crippen molar-refractivity contribution in [3.05, 3.63) is 46.2 Å². The first-order chi connectivity index (χ1) is 8.74. The SMILES string of the molecule is CCc1nnsc1C(Cc1ccc(F)cc1)NN. The molecule has 0 aliphatic rings. The highest BCUT2D eigenvalue weighted by Crippen LogP contribution is 2.23. The van der Waals surface area contributed by atoms with Gasteiger partial charge in [-0.05, 0) is 42.1 Å². The summed E-state index contributed by atoms with van der Waals surface area (Å²) in [7, 11) is 0. The van der Waals surface area contributed by atoms with Crippen LogP contribution in [0.5, 0.6) is 0 Å². The van der Waals surface area contributed by atoms with E-state index in [2.05, 4.69) is 15.0 Å². The summed E-state index contributed by atoms with van der Waals surface area (Å²) >= 11 is 1.35. The number of halogens is 1. The number of hydrogen-bond donors (Lipinski definition) is 2. The number of aromatic nitrogens is 2. The maximum absolute atomic E-state index is 12.8. The Morgan fingerprint density at radius 1 is 1.39 bits per heavy atom. The van der Waals surface area contributed by atoms with Crippen molar-refractivity contribution in [2.45, 2.75) is 25.8 Å². The Morgan fingerprint density at radius 3 is 2.72 bits per heavy atom. The number of nitrogens with two attached hydrogens (primary N) is 1. The van der Waals surface area contributed by atoms with Gasteiger partial charge in [-0.25, -0.2) is 4.39 Å². The number of nitrogens with one attached hydrogen (secondary N) is 1. The number of aryl methyl sites for hydroxylation is 1. The van der Waals surface area contributed by atoms with Gasteiger partial charge in [0.25, 0.3) is 0 Å². The molecule has 2 aromatic rings. The first kappa shape index (κ1) is 13.1. The molecule has 6 heteroatoms. The molecule has 96 valence electrons. The molecule has 3 N–H and O–H groups in total. The third-order valence-corrected chi connectivity index (χ3v) is 3.67. The van der Waals surface area contributed by atoms with Crippen LogP contribution in [0.15, 0.2) is 24.3 Å². The smallest absolute Gasteiger partial charge is 0.123 e. The number of hydrazine groups is 1. The molecule has 1 aromatic heterocycles. The molecule has 0 amide bonds. The van der Waals surface area contributed by atoms with Gasteiger partial charge in [-0.1, -0.05) is 23.5 Å². The molecule has 0 saturated carbocycles. The van der Waals surface area contributed by atoms with Gasteiger partial charge in [0.1, 0.15) is 5.82 Å². The van der Waals surface area contributed by atoms with Crippen LogP contribution in [-0.2, 0) is 12.8 Å². The van der Waals surface area contributed by atoms with Crippen LogP contribution in [0.4, 0.5) is 4.39 Å². The van der Waals surface area contributed by atoms with Crippen LogP contribution in [0.25, 0.3) is 0 Å². The second kappa shape index (κ2) is 5.99. The molecule has 0 spiro atoms. The minimum atomic E-state index is -0.232. The Balaban J connectivity index is 2.17. The molecular formula is C12H15FN4S. The molecule has 4 nitrogen and oxygen atoms in total. The van der Waals surface area contributed by atoms with Crippen molar-refractivity contribution in [3.63, 3.8) is 0 Å². The van der Waals surface area contributed by atoms with Crippen LogP contribution in [0.1, 0.15) is 29.1 Å². The van der Waals surface area contributed by atoms with Gasteiger partial charge >= 0.3 is 0 Å². The van der Waals surface area contributed by atoms with Crippen molar-refractivity contribution >= 4 is 11.5 Å². The summed E-state index contributed by atoms with van der Waals surface area (Å²) in [4.78, 5) is 1.05. The summed E-state index contributed by atoms with van der Waals surface area (Å²) < 4.78 is 16.8. The summed E-state index contributed by atoms with van der Waals surface area (Å²) in [5.74, 6) is 5.36. The predicted octanol–water partition coefficient (Wildman–Crippen LogP) is 1.99. The number of hydrogen-bond acceptors (Lipinski definition) is 5. The number of benzene rings is 1. The summed E-state index contributed by atoms with van der Waals surface area (Å²) in [5.41, 5.74) is 4.76. The maximum Gasteiger partial charge on any atom is 0.123 e. The van der Waals surface area contributed by atoms with E-state index < -0.39 is 0 Å². The molecule has 0 radical (unpaired) electrons. The van der Waals surface area contributed by atoms with E-state index in [1.807, 2.05) is 6.92 Å². The Bertz CT molecular complexity index is 497. The van der Waals surface area contributed by atoms with Crippen molar-refractivity contribution in [3.8, 4) is 0 Å². The maximum atomic E-state index is 12.8. The lowest BCUT2D eigenvalue weighted by Crippen LogP contribution is -2.29. The van der Waals surface area contributed by atoms with Gasteiger partial charge < -0.3 is 0 Å². The molecule has 1 unspecified atom stereocenters. The van der Waals surface area contributed by atoms with Gasteiger partial charge in [-0.15, -0.1) is 5.10 Å². The van der Waals surface area contributed by atoms with Crippen LogP contribution in [0.3, 0.4) is 0 Å². The van der Waals surface area contributed by atoms with E-state index in [0.29, 0.717) is 6.42 Å². The van der Waals surface area contributed by atoms with E-state index in [-0.39, 0.29) is 11.9 Å². The quantitative estimate of drug-likeness (QED) is 0.641. The highest BCUT2D eigenvalue weighted by atomic mass is 32.1. The van der Waals surface area contributed by atoms with E-state index in [9.17, 15) is 4.39 Å². The van der Waals surface area contributed by atoms with Crippen LogP contribution in [0, 0.1) is 5.82 Å². The second-order valence-electron chi connectivity index (χ2n) is 3.99. The number of nitrogens with zero attached hydrogens (tertiary/aromatic N) is 2. The van der Waals surface area contributed by atoms with Gasteiger partial charge in [-0.2, -0.15) is 0 Å². The molecule has 1 atom stereocenters. The predicted molar refractivity (Wildman–Crippen MR) is 69.5 cm³/mol. The molecule has 0 saturated heterocycles. The fourth-order valence-electron chi connectivity index (χ4n) is 1.81. The van der Waals surface area contributed by atoms with E-state index >= 15 is 0 Å². The van der Waals surface area contributed by atoms with Crippen molar-refractivity contribution in [2.24, 2.45) is 5.84 Å². The number of rotatable bonds is 5.